The van der Waals surface area contributed by atoms with Crippen LogP contribution in [0.2, 0.25) is 0 Å². The number of aromatic nitrogens is 1. The van der Waals surface area contributed by atoms with Crippen LogP contribution >= 0.6 is 0 Å². The van der Waals surface area contributed by atoms with Gasteiger partial charge in [-0.05, 0) is 107 Å². The molecule has 1 heterocycles. The molecule has 1 aromatic heterocycles. The number of rotatable bonds is 5. The minimum atomic E-state index is -0.127. The van der Waals surface area contributed by atoms with Crippen molar-refractivity contribution >= 4 is 43.4 Å². The standard InChI is InChI=1S/C59H41N/c1-59(2)53-24-14-13-19-45(53)51-35-36-52-46-34-33-43(37-54(46)60(58(52)57(51)59)44-17-7-4-8-18-44)40-27-25-38(26-28-40)39-29-31-42(32-30-39)56-49-22-11-9-20-47(49)55(41-15-5-3-6-16-41)48-21-10-12-23-50(48)56/h3-37H,1-2H3. The summed E-state index contributed by atoms with van der Waals surface area (Å²) in [6.07, 6.45) is 0. The van der Waals surface area contributed by atoms with Gasteiger partial charge in [-0.3, -0.25) is 0 Å². The third-order valence-corrected chi connectivity index (χ3v) is 13.2. The van der Waals surface area contributed by atoms with Crippen LogP contribution in [0.15, 0.2) is 212 Å². The molecule has 12 rings (SSSR count). The van der Waals surface area contributed by atoms with Crippen molar-refractivity contribution in [1.29, 1.82) is 0 Å². The van der Waals surface area contributed by atoms with Gasteiger partial charge in [-0.15, -0.1) is 0 Å². The smallest absolute Gasteiger partial charge is 0.0588 e. The fourth-order valence-electron chi connectivity index (χ4n) is 10.4. The van der Waals surface area contributed by atoms with Gasteiger partial charge in [-0.2, -0.15) is 0 Å². The molecule has 60 heavy (non-hydrogen) atoms. The molecule has 0 aliphatic heterocycles. The van der Waals surface area contributed by atoms with Gasteiger partial charge in [0, 0.05) is 21.9 Å². The van der Waals surface area contributed by atoms with Gasteiger partial charge in [0.15, 0.2) is 0 Å². The molecular formula is C59H41N. The molecular weight excluding hydrogens is 723 g/mol. The summed E-state index contributed by atoms with van der Waals surface area (Å²) in [5, 5.41) is 7.67. The van der Waals surface area contributed by atoms with Gasteiger partial charge in [-0.25, -0.2) is 0 Å². The van der Waals surface area contributed by atoms with E-state index in [0.29, 0.717) is 0 Å². The maximum Gasteiger partial charge on any atom is 0.0588 e. The summed E-state index contributed by atoms with van der Waals surface area (Å²) in [6, 6.07) is 78.4. The highest BCUT2D eigenvalue weighted by Crippen LogP contribution is 2.53. The number of fused-ring (bicyclic) bond motifs is 9. The molecule has 0 fully saturated rings. The molecule has 10 aromatic carbocycles. The van der Waals surface area contributed by atoms with E-state index in [2.05, 4.69) is 231 Å². The van der Waals surface area contributed by atoms with E-state index >= 15 is 0 Å². The van der Waals surface area contributed by atoms with E-state index < -0.39 is 0 Å². The number of hydrogen-bond acceptors (Lipinski definition) is 0. The van der Waals surface area contributed by atoms with Crippen LogP contribution in [0.3, 0.4) is 0 Å². The Morgan fingerprint density at radius 3 is 1.38 bits per heavy atom. The lowest BCUT2D eigenvalue weighted by Gasteiger charge is -2.23. The van der Waals surface area contributed by atoms with E-state index in [4.69, 9.17) is 0 Å². The normalized spacial score (nSPS) is 13.0. The lowest BCUT2D eigenvalue weighted by atomic mass is 9.81. The first-order chi connectivity index (χ1) is 29.5. The van der Waals surface area contributed by atoms with Crippen molar-refractivity contribution in [2.24, 2.45) is 0 Å². The predicted octanol–water partition coefficient (Wildman–Crippen LogP) is 16.1. The first-order valence-electron chi connectivity index (χ1n) is 21.0. The third-order valence-electron chi connectivity index (χ3n) is 13.2. The van der Waals surface area contributed by atoms with Gasteiger partial charge in [0.25, 0.3) is 0 Å². The summed E-state index contributed by atoms with van der Waals surface area (Å²) in [4.78, 5) is 0. The summed E-state index contributed by atoms with van der Waals surface area (Å²) < 4.78 is 2.51. The quantitative estimate of drug-likeness (QED) is 0.154. The summed E-state index contributed by atoms with van der Waals surface area (Å²) in [5.41, 5.74) is 18.9. The summed E-state index contributed by atoms with van der Waals surface area (Å²) in [6.45, 7) is 4.77. The molecule has 0 saturated heterocycles. The van der Waals surface area contributed by atoms with Crippen LogP contribution < -0.4 is 0 Å². The Morgan fingerprint density at radius 1 is 0.333 bits per heavy atom. The van der Waals surface area contributed by atoms with Crippen LogP contribution in [0.5, 0.6) is 0 Å². The van der Waals surface area contributed by atoms with E-state index in [1.54, 1.807) is 0 Å². The molecule has 0 atom stereocenters. The highest BCUT2D eigenvalue weighted by atomic mass is 15.0. The molecule has 282 valence electrons. The lowest BCUT2D eigenvalue weighted by Crippen LogP contribution is -2.16. The number of para-hydroxylation sites is 1. The summed E-state index contributed by atoms with van der Waals surface area (Å²) >= 11 is 0. The Hall–Kier alpha value is -7.48. The molecule has 1 aliphatic carbocycles. The first-order valence-corrected chi connectivity index (χ1v) is 21.0. The van der Waals surface area contributed by atoms with Crippen molar-refractivity contribution < 1.29 is 0 Å². The van der Waals surface area contributed by atoms with Crippen LogP contribution in [0, 0.1) is 0 Å². The van der Waals surface area contributed by atoms with Crippen LogP contribution in [-0.4, -0.2) is 4.57 Å². The molecule has 11 aromatic rings. The highest BCUT2D eigenvalue weighted by Gasteiger charge is 2.38. The van der Waals surface area contributed by atoms with E-state index in [-0.39, 0.29) is 5.41 Å². The van der Waals surface area contributed by atoms with Gasteiger partial charge in [0.2, 0.25) is 0 Å². The maximum atomic E-state index is 2.51. The third kappa shape index (κ3) is 5.12. The minimum Gasteiger partial charge on any atom is -0.309 e. The molecule has 0 N–H and O–H groups in total. The Bertz CT molecular complexity index is 3400. The maximum absolute atomic E-state index is 2.51. The molecule has 1 nitrogen and oxygen atoms in total. The first kappa shape index (κ1) is 34.6. The molecule has 0 saturated carbocycles. The monoisotopic (exact) mass is 763 g/mol. The van der Waals surface area contributed by atoms with Gasteiger partial charge >= 0.3 is 0 Å². The molecule has 0 unspecified atom stereocenters. The molecule has 1 aliphatic rings. The van der Waals surface area contributed by atoms with Gasteiger partial charge in [0.05, 0.1) is 11.0 Å². The largest absolute Gasteiger partial charge is 0.309 e. The topological polar surface area (TPSA) is 4.93 Å². The van der Waals surface area contributed by atoms with Gasteiger partial charge in [-0.1, -0.05) is 208 Å². The van der Waals surface area contributed by atoms with E-state index in [1.165, 1.54) is 116 Å². The number of nitrogens with zero attached hydrogens (tertiary/aromatic N) is 1. The van der Waals surface area contributed by atoms with Gasteiger partial charge < -0.3 is 4.57 Å². The molecule has 0 radical (unpaired) electrons. The van der Waals surface area contributed by atoms with Crippen molar-refractivity contribution in [3.63, 3.8) is 0 Å². The van der Waals surface area contributed by atoms with E-state index in [1.807, 2.05) is 0 Å². The van der Waals surface area contributed by atoms with E-state index in [9.17, 15) is 0 Å². The van der Waals surface area contributed by atoms with Crippen molar-refractivity contribution in [2.45, 2.75) is 19.3 Å². The fourth-order valence-corrected chi connectivity index (χ4v) is 10.4. The van der Waals surface area contributed by atoms with Crippen molar-refractivity contribution in [1.82, 2.24) is 4.57 Å². The van der Waals surface area contributed by atoms with Gasteiger partial charge in [0.1, 0.15) is 0 Å². The second-order valence-corrected chi connectivity index (χ2v) is 16.8. The van der Waals surface area contributed by atoms with Crippen LogP contribution in [-0.2, 0) is 5.41 Å². The Kier molecular flexibility index (Phi) is 7.65. The zero-order valence-corrected chi connectivity index (χ0v) is 33.7. The summed E-state index contributed by atoms with van der Waals surface area (Å²) in [5.74, 6) is 0. The van der Waals surface area contributed by atoms with Crippen molar-refractivity contribution in [3.8, 4) is 61.3 Å². The van der Waals surface area contributed by atoms with Crippen molar-refractivity contribution in [3.05, 3.63) is 223 Å². The molecule has 1 heteroatoms. The van der Waals surface area contributed by atoms with Crippen molar-refractivity contribution in [2.75, 3.05) is 0 Å². The number of benzene rings is 10. The predicted molar refractivity (Wildman–Crippen MR) is 255 cm³/mol. The minimum absolute atomic E-state index is 0.127. The Morgan fingerprint density at radius 2 is 0.783 bits per heavy atom. The molecule has 0 amide bonds. The SMILES string of the molecule is CC1(C)c2ccccc2-c2ccc3c4ccc(-c5ccc(-c6ccc(-c7c8ccccc8c(-c8ccccc8)c8ccccc78)cc6)cc5)cc4n(-c4ccccc4)c3c21. The van der Waals surface area contributed by atoms with Crippen LogP contribution in [0.25, 0.3) is 105 Å². The highest BCUT2D eigenvalue weighted by molar-refractivity contribution is 6.21. The second-order valence-electron chi connectivity index (χ2n) is 16.8. The Labute approximate surface area is 350 Å². The number of hydrogen-bond donors (Lipinski definition) is 0. The lowest BCUT2D eigenvalue weighted by molar-refractivity contribution is 0.664. The molecule has 0 spiro atoms. The zero-order valence-electron chi connectivity index (χ0n) is 33.7. The van der Waals surface area contributed by atoms with E-state index in [0.717, 1.165) is 0 Å². The second kappa shape index (κ2) is 13.3. The fraction of sp³-hybridized carbons (Fsp3) is 0.0508. The van der Waals surface area contributed by atoms with Crippen LogP contribution in [0.4, 0.5) is 0 Å². The average molecular weight is 764 g/mol. The summed E-state index contributed by atoms with van der Waals surface area (Å²) in [7, 11) is 0. The Balaban J connectivity index is 0.938. The zero-order chi connectivity index (χ0) is 40.0. The molecule has 0 bridgehead atoms. The van der Waals surface area contributed by atoms with Crippen LogP contribution in [0.1, 0.15) is 25.0 Å². The average Bonchev–Trinajstić information content (AvgIpc) is 3.76.